The average molecular weight is 268 g/mol. The van der Waals surface area contributed by atoms with Gasteiger partial charge in [-0.25, -0.2) is 0 Å². The van der Waals surface area contributed by atoms with E-state index in [1.807, 2.05) is 0 Å². The molecule has 1 saturated carbocycles. The van der Waals surface area contributed by atoms with Gasteiger partial charge < -0.3 is 4.74 Å². The summed E-state index contributed by atoms with van der Waals surface area (Å²) in [6.45, 7) is 0. The molecule has 0 aliphatic heterocycles. The molecule has 11 heavy (non-hydrogen) atoms. The summed E-state index contributed by atoms with van der Waals surface area (Å²) in [6.07, 6.45) is 3.26. The Hall–Kier alpha value is 0.200. The predicted molar refractivity (Wildman–Crippen MR) is 51.7 cm³/mol. The number of hydrogen-bond donors (Lipinski definition) is 0. The molecule has 0 spiro atoms. The van der Waals surface area contributed by atoms with Crippen LogP contribution in [0.25, 0.3) is 0 Å². The first-order chi connectivity index (χ1) is 5.27. The zero-order chi connectivity index (χ0) is 8.27. The summed E-state index contributed by atoms with van der Waals surface area (Å²) < 4.78 is 5.86. The van der Waals surface area contributed by atoms with E-state index in [0.717, 1.165) is 18.8 Å². The molecule has 1 rings (SSSR count). The second-order valence-electron chi connectivity index (χ2n) is 3.05. The number of rotatable bonds is 2. The van der Waals surface area contributed by atoms with E-state index in [1.54, 1.807) is 0 Å². The fourth-order valence-corrected chi connectivity index (χ4v) is 2.40. The van der Waals surface area contributed by atoms with Gasteiger partial charge in [0.25, 0.3) is 0 Å². The van der Waals surface area contributed by atoms with Crippen LogP contribution in [0.4, 0.5) is 0 Å². The molecule has 0 radical (unpaired) electrons. The van der Waals surface area contributed by atoms with Gasteiger partial charge in [-0.2, -0.15) is 0 Å². The van der Waals surface area contributed by atoms with E-state index in [4.69, 9.17) is 0 Å². The van der Waals surface area contributed by atoms with Crippen LogP contribution in [-0.4, -0.2) is 17.5 Å². The molecule has 0 unspecified atom stereocenters. The van der Waals surface area contributed by atoms with Gasteiger partial charge >= 0.3 is 5.97 Å². The van der Waals surface area contributed by atoms with Crippen molar-refractivity contribution in [3.05, 3.63) is 0 Å². The highest BCUT2D eigenvalue weighted by Gasteiger charge is 2.29. The van der Waals surface area contributed by atoms with Gasteiger partial charge in [-0.1, -0.05) is 22.6 Å². The molecule has 0 amide bonds. The minimum Gasteiger partial charge on any atom is -0.469 e. The summed E-state index contributed by atoms with van der Waals surface area (Å²) in [4.78, 5) is 11.1. The van der Waals surface area contributed by atoms with Crippen LogP contribution >= 0.6 is 22.6 Å². The zero-order valence-electron chi connectivity index (χ0n) is 6.68. The third-order valence-corrected chi connectivity index (χ3v) is 3.54. The number of ether oxygens (including phenoxy) is 1. The van der Waals surface area contributed by atoms with Gasteiger partial charge in [-0.05, 0) is 25.2 Å². The number of hydrogen-bond acceptors (Lipinski definition) is 2. The Balaban J connectivity index is 2.35. The highest BCUT2D eigenvalue weighted by Crippen LogP contribution is 2.32. The van der Waals surface area contributed by atoms with E-state index < -0.39 is 0 Å². The Morgan fingerprint density at radius 1 is 1.64 bits per heavy atom. The van der Waals surface area contributed by atoms with Gasteiger partial charge in [0.05, 0.1) is 13.0 Å². The summed E-state index contributed by atoms with van der Waals surface area (Å²) in [5.74, 6) is 0.928. The van der Waals surface area contributed by atoms with Crippen LogP contribution in [0.3, 0.4) is 0 Å². The van der Waals surface area contributed by atoms with Gasteiger partial charge in [0.2, 0.25) is 0 Å². The summed E-state index contributed by atoms with van der Waals surface area (Å²) >= 11 is 2.38. The van der Waals surface area contributed by atoms with Crippen LogP contribution < -0.4 is 0 Å². The van der Waals surface area contributed by atoms with Crippen LogP contribution in [-0.2, 0) is 9.53 Å². The van der Waals surface area contributed by atoms with Crippen molar-refractivity contribution in [2.75, 3.05) is 11.5 Å². The summed E-state index contributed by atoms with van der Waals surface area (Å²) in [5, 5.41) is 0. The average Bonchev–Trinajstić information content (AvgIpc) is 2.50. The molecular weight excluding hydrogens is 255 g/mol. The first-order valence-corrected chi connectivity index (χ1v) is 5.44. The van der Waals surface area contributed by atoms with E-state index in [1.165, 1.54) is 18.0 Å². The van der Waals surface area contributed by atoms with Crippen molar-refractivity contribution in [3.8, 4) is 0 Å². The van der Waals surface area contributed by atoms with Crippen LogP contribution in [0.5, 0.6) is 0 Å². The third kappa shape index (κ3) is 2.32. The highest BCUT2D eigenvalue weighted by molar-refractivity contribution is 14.1. The summed E-state index contributed by atoms with van der Waals surface area (Å²) in [6, 6.07) is 0. The van der Waals surface area contributed by atoms with Gasteiger partial charge in [-0.3, -0.25) is 4.79 Å². The van der Waals surface area contributed by atoms with Gasteiger partial charge in [0.15, 0.2) is 0 Å². The Kier molecular flexibility index (Phi) is 3.62. The molecule has 0 heterocycles. The number of carbonyl (C=O) groups is 1. The van der Waals surface area contributed by atoms with E-state index in [-0.39, 0.29) is 11.9 Å². The van der Waals surface area contributed by atoms with E-state index in [9.17, 15) is 4.79 Å². The number of halogens is 1. The number of methoxy groups -OCH3 is 1. The van der Waals surface area contributed by atoms with Crippen LogP contribution in [0.15, 0.2) is 0 Å². The Morgan fingerprint density at radius 3 is 2.82 bits per heavy atom. The molecule has 0 aromatic rings. The standard InChI is InChI=1S/C8H13IO2/c1-11-8(10)7-3-2-6(4-7)5-9/h6-7H,2-5H2,1H3/t6-,7+/m0/s1. The Bertz CT molecular complexity index is 147. The normalized spacial score (nSPS) is 30.4. The Labute approximate surface area is 80.8 Å². The maximum absolute atomic E-state index is 11.1. The SMILES string of the molecule is COC(=O)[C@@H]1CC[C@H](CI)C1. The summed E-state index contributed by atoms with van der Waals surface area (Å²) in [7, 11) is 1.47. The molecule has 1 aliphatic rings. The molecule has 0 bridgehead atoms. The summed E-state index contributed by atoms with van der Waals surface area (Å²) in [5.41, 5.74) is 0. The van der Waals surface area contributed by atoms with Crippen molar-refractivity contribution in [2.45, 2.75) is 19.3 Å². The monoisotopic (exact) mass is 268 g/mol. The maximum Gasteiger partial charge on any atom is 0.308 e. The van der Waals surface area contributed by atoms with Gasteiger partial charge in [0, 0.05) is 4.43 Å². The van der Waals surface area contributed by atoms with Crippen molar-refractivity contribution in [2.24, 2.45) is 11.8 Å². The van der Waals surface area contributed by atoms with Gasteiger partial charge in [-0.15, -0.1) is 0 Å². The second kappa shape index (κ2) is 4.28. The molecule has 0 saturated heterocycles. The second-order valence-corrected chi connectivity index (χ2v) is 3.93. The highest BCUT2D eigenvalue weighted by atomic mass is 127. The van der Waals surface area contributed by atoms with E-state index in [2.05, 4.69) is 27.3 Å². The first-order valence-electron chi connectivity index (χ1n) is 3.91. The molecule has 64 valence electrons. The molecule has 1 fully saturated rings. The van der Waals surface area contributed by atoms with Crippen molar-refractivity contribution < 1.29 is 9.53 Å². The minimum absolute atomic E-state index is 0.0163. The molecule has 0 aromatic heterocycles. The van der Waals surface area contributed by atoms with Crippen molar-refractivity contribution in [1.82, 2.24) is 0 Å². The molecular formula is C8H13IO2. The van der Waals surface area contributed by atoms with Gasteiger partial charge in [0.1, 0.15) is 0 Å². The molecule has 1 aliphatic carbocycles. The van der Waals surface area contributed by atoms with Crippen molar-refractivity contribution in [1.29, 1.82) is 0 Å². The zero-order valence-corrected chi connectivity index (χ0v) is 8.84. The lowest BCUT2D eigenvalue weighted by Crippen LogP contribution is -2.12. The molecule has 0 N–H and O–H groups in total. The van der Waals surface area contributed by atoms with Crippen LogP contribution in [0, 0.1) is 11.8 Å². The van der Waals surface area contributed by atoms with E-state index >= 15 is 0 Å². The van der Waals surface area contributed by atoms with E-state index in [0.29, 0.717) is 0 Å². The van der Waals surface area contributed by atoms with Crippen LogP contribution in [0.2, 0.25) is 0 Å². The number of alkyl halides is 1. The molecule has 2 nitrogen and oxygen atoms in total. The largest absolute Gasteiger partial charge is 0.469 e. The van der Waals surface area contributed by atoms with Crippen LogP contribution in [0.1, 0.15) is 19.3 Å². The minimum atomic E-state index is -0.0163. The Morgan fingerprint density at radius 2 is 2.36 bits per heavy atom. The smallest absolute Gasteiger partial charge is 0.308 e. The molecule has 0 aromatic carbocycles. The number of carbonyl (C=O) groups excluding carboxylic acids is 1. The lowest BCUT2D eigenvalue weighted by Gasteiger charge is -2.06. The molecule has 2 atom stereocenters. The maximum atomic E-state index is 11.1. The van der Waals surface area contributed by atoms with Crippen molar-refractivity contribution >= 4 is 28.6 Å². The topological polar surface area (TPSA) is 26.3 Å². The number of esters is 1. The van der Waals surface area contributed by atoms with Crippen molar-refractivity contribution in [3.63, 3.8) is 0 Å². The fourth-order valence-electron chi connectivity index (χ4n) is 1.60. The third-order valence-electron chi connectivity index (χ3n) is 2.29. The fraction of sp³-hybridized carbons (Fsp3) is 0.875. The lowest BCUT2D eigenvalue weighted by molar-refractivity contribution is -0.145. The lowest BCUT2D eigenvalue weighted by atomic mass is 10.1. The quantitative estimate of drug-likeness (QED) is 0.435. The molecule has 3 heteroatoms. The first kappa shape index (κ1) is 9.29. The predicted octanol–water partition coefficient (Wildman–Crippen LogP) is 2.01.